The summed E-state index contributed by atoms with van der Waals surface area (Å²) in [4.78, 5) is 23.2. The average molecular weight is 307 g/mol. The van der Waals surface area contributed by atoms with Gasteiger partial charge < -0.3 is 15.2 Å². The quantitative estimate of drug-likeness (QED) is 0.851. The number of esters is 1. The minimum absolute atomic E-state index is 0.104. The molecule has 0 atom stereocenters. The lowest BCUT2D eigenvalue weighted by Gasteiger charge is -2.08. The van der Waals surface area contributed by atoms with Gasteiger partial charge in [0.15, 0.2) is 6.61 Å². The highest BCUT2D eigenvalue weighted by atomic mass is 19.1. The Morgan fingerprint density at radius 3 is 2.59 bits per heavy atom. The lowest BCUT2D eigenvalue weighted by atomic mass is 10.2. The van der Waals surface area contributed by atoms with Gasteiger partial charge in [0.2, 0.25) is 0 Å². The molecule has 0 saturated carbocycles. The fourth-order valence-corrected chi connectivity index (χ4v) is 1.63. The molecule has 22 heavy (non-hydrogen) atoms. The molecule has 0 aliphatic rings. The summed E-state index contributed by atoms with van der Waals surface area (Å²) in [5.41, 5.74) is -0.462. The molecule has 2 N–H and O–H groups in total. The minimum atomic E-state index is -0.909. The van der Waals surface area contributed by atoms with Crippen molar-refractivity contribution in [3.05, 3.63) is 59.7 Å². The van der Waals surface area contributed by atoms with E-state index >= 15 is 0 Å². The summed E-state index contributed by atoms with van der Waals surface area (Å²) >= 11 is 0. The van der Waals surface area contributed by atoms with Crippen molar-refractivity contribution in [3.63, 3.8) is 0 Å². The molecule has 1 amide bonds. The topological polar surface area (TPSA) is 75.6 Å². The number of carbonyl (C=O) groups is 2. The smallest absolute Gasteiger partial charge is 0.342 e. The molecule has 2 aromatic carbocycles. The predicted octanol–water partition coefficient (Wildman–Crippen LogP) is 2.47. The van der Waals surface area contributed by atoms with Crippen molar-refractivity contribution in [2.24, 2.45) is 0 Å². The van der Waals surface area contributed by atoms with E-state index in [1.165, 1.54) is 24.3 Å². The number of anilines is 1. The molecule has 7 heteroatoms. The van der Waals surface area contributed by atoms with Gasteiger partial charge in [-0.3, -0.25) is 4.79 Å². The Balaban J connectivity index is 1.94. The maximum Gasteiger partial charge on any atom is 0.342 e. The molecule has 0 saturated heterocycles. The number of aromatic hydroxyl groups is 1. The molecule has 0 bridgehead atoms. The van der Waals surface area contributed by atoms with Crippen LogP contribution in [0, 0.1) is 11.6 Å². The van der Waals surface area contributed by atoms with Crippen LogP contribution in [0.25, 0.3) is 0 Å². The van der Waals surface area contributed by atoms with Crippen molar-refractivity contribution in [1.82, 2.24) is 0 Å². The van der Waals surface area contributed by atoms with E-state index in [0.29, 0.717) is 0 Å². The highest BCUT2D eigenvalue weighted by Gasteiger charge is 2.14. The average Bonchev–Trinajstić information content (AvgIpc) is 2.49. The maximum absolute atomic E-state index is 13.3. The third-order valence-electron chi connectivity index (χ3n) is 2.66. The van der Waals surface area contributed by atoms with Crippen molar-refractivity contribution < 1.29 is 28.2 Å². The molecule has 5 nitrogen and oxygen atoms in total. The maximum atomic E-state index is 13.3. The number of benzene rings is 2. The van der Waals surface area contributed by atoms with Gasteiger partial charge in [0.25, 0.3) is 5.91 Å². The van der Waals surface area contributed by atoms with Crippen LogP contribution in [-0.2, 0) is 9.53 Å². The zero-order valence-electron chi connectivity index (χ0n) is 11.2. The Morgan fingerprint density at radius 2 is 1.86 bits per heavy atom. The number of nitrogens with one attached hydrogen (secondary N) is 1. The third kappa shape index (κ3) is 3.78. The summed E-state index contributed by atoms with van der Waals surface area (Å²) in [5.74, 6) is -3.57. The van der Waals surface area contributed by atoms with Crippen LogP contribution in [0.3, 0.4) is 0 Å². The number of carbonyl (C=O) groups excluding carboxylic acids is 2. The van der Waals surface area contributed by atoms with Gasteiger partial charge in [-0.2, -0.15) is 0 Å². The number of para-hydroxylation sites is 1. The highest BCUT2D eigenvalue weighted by molar-refractivity contribution is 5.96. The molecular formula is C15H11F2NO4. The number of phenols is 1. The van der Waals surface area contributed by atoms with Crippen LogP contribution in [-0.4, -0.2) is 23.6 Å². The first-order valence-electron chi connectivity index (χ1n) is 6.17. The van der Waals surface area contributed by atoms with Crippen LogP contribution >= 0.6 is 0 Å². The lowest BCUT2D eigenvalue weighted by molar-refractivity contribution is -0.119. The Labute approximate surface area is 124 Å². The van der Waals surface area contributed by atoms with Crippen molar-refractivity contribution in [2.45, 2.75) is 0 Å². The Hall–Kier alpha value is -2.96. The monoisotopic (exact) mass is 307 g/mol. The summed E-state index contributed by atoms with van der Waals surface area (Å²) in [6.45, 7) is -0.705. The van der Waals surface area contributed by atoms with Crippen molar-refractivity contribution in [2.75, 3.05) is 11.9 Å². The Morgan fingerprint density at radius 1 is 1.14 bits per heavy atom. The predicted molar refractivity (Wildman–Crippen MR) is 73.4 cm³/mol. The van der Waals surface area contributed by atoms with Crippen LogP contribution in [0.1, 0.15) is 10.4 Å². The Bertz CT molecular complexity index is 718. The van der Waals surface area contributed by atoms with E-state index < -0.39 is 30.1 Å². The molecule has 2 rings (SSSR count). The van der Waals surface area contributed by atoms with Gasteiger partial charge in [-0.15, -0.1) is 0 Å². The van der Waals surface area contributed by atoms with E-state index in [4.69, 9.17) is 0 Å². The number of phenolic OH excluding ortho intramolecular Hbond substituents is 1. The van der Waals surface area contributed by atoms with Crippen LogP contribution in [0.4, 0.5) is 14.5 Å². The summed E-state index contributed by atoms with van der Waals surface area (Å²) in [6.07, 6.45) is 0. The van der Waals surface area contributed by atoms with Gasteiger partial charge in [0.1, 0.15) is 22.9 Å². The van der Waals surface area contributed by atoms with Crippen LogP contribution in [0.2, 0.25) is 0 Å². The highest BCUT2D eigenvalue weighted by Crippen LogP contribution is 2.17. The van der Waals surface area contributed by atoms with E-state index in [1.807, 2.05) is 0 Å². The summed E-state index contributed by atoms with van der Waals surface area (Å²) in [7, 11) is 0. The first kappa shape index (κ1) is 15.4. The molecule has 0 fully saturated rings. The van der Waals surface area contributed by atoms with Crippen molar-refractivity contribution in [3.8, 4) is 5.75 Å². The van der Waals surface area contributed by atoms with Gasteiger partial charge in [-0.05, 0) is 24.3 Å². The van der Waals surface area contributed by atoms with E-state index in [9.17, 15) is 23.5 Å². The molecule has 0 heterocycles. The fraction of sp³-hybridized carbons (Fsp3) is 0.0667. The van der Waals surface area contributed by atoms with E-state index in [-0.39, 0.29) is 17.0 Å². The second kappa shape index (κ2) is 6.66. The van der Waals surface area contributed by atoms with Crippen LogP contribution < -0.4 is 5.32 Å². The minimum Gasteiger partial charge on any atom is -0.507 e. The van der Waals surface area contributed by atoms with Crippen LogP contribution in [0.15, 0.2) is 42.5 Å². The molecular weight excluding hydrogens is 296 g/mol. The molecule has 0 aliphatic carbocycles. The number of hydrogen-bond donors (Lipinski definition) is 2. The van der Waals surface area contributed by atoms with Crippen molar-refractivity contribution in [1.29, 1.82) is 0 Å². The number of ether oxygens (including phenoxy) is 1. The van der Waals surface area contributed by atoms with Crippen molar-refractivity contribution >= 4 is 17.6 Å². The van der Waals surface area contributed by atoms with Gasteiger partial charge in [0.05, 0.1) is 5.69 Å². The molecule has 114 valence electrons. The first-order valence-corrected chi connectivity index (χ1v) is 6.17. The lowest BCUT2D eigenvalue weighted by Crippen LogP contribution is -2.21. The summed E-state index contributed by atoms with van der Waals surface area (Å²) in [6, 6.07) is 8.21. The zero-order chi connectivity index (χ0) is 16.1. The molecule has 0 aliphatic heterocycles. The van der Waals surface area contributed by atoms with Gasteiger partial charge >= 0.3 is 5.97 Å². The molecule has 0 unspecified atom stereocenters. The molecule has 0 spiro atoms. The Kier molecular flexibility index (Phi) is 4.67. The second-order valence-electron chi connectivity index (χ2n) is 4.27. The molecule has 0 aromatic heterocycles. The molecule has 0 radical (unpaired) electrons. The number of halogens is 2. The van der Waals surface area contributed by atoms with E-state index in [0.717, 1.165) is 18.2 Å². The van der Waals surface area contributed by atoms with Gasteiger partial charge in [-0.1, -0.05) is 12.1 Å². The number of amides is 1. The largest absolute Gasteiger partial charge is 0.507 e. The number of rotatable bonds is 4. The fourth-order valence-electron chi connectivity index (χ4n) is 1.63. The second-order valence-corrected chi connectivity index (χ2v) is 4.27. The first-order chi connectivity index (χ1) is 10.5. The summed E-state index contributed by atoms with van der Waals surface area (Å²) < 4.78 is 31.0. The van der Waals surface area contributed by atoms with E-state index in [2.05, 4.69) is 10.1 Å². The standard InChI is InChI=1S/C15H11F2NO4/c16-9-5-6-11(17)12(7-9)18-14(20)8-22-15(21)10-3-1-2-4-13(10)19/h1-7,19H,8H2,(H,18,20). The van der Waals surface area contributed by atoms with Crippen LogP contribution in [0.5, 0.6) is 5.75 Å². The summed E-state index contributed by atoms with van der Waals surface area (Å²) in [5, 5.41) is 11.5. The third-order valence-corrected chi connectivity index (χ3v) is 2.66. The van der Waals surface area contributed by atoms with Gasteiger partial charge in [0, 0.05) is 6.07 Å². The van der Waals surface area contributed by atoms with Gasteiger partial charge in [-0.25, -0.2) is 13.6 Å². The van der Waals surface area contributed by atoms with E-state index in [1.54, 1.807) is 0 Å². The number of hydrogen-bond acceptors (Lipinski definition) is 4. The zero-order valence-corrected chi connectivity index (χ0v) is 11.2. The normalized spacial score (nSPS) is 10.1. The SMILES string of the molecule is O=C(COC(=O)c1ccccc1O)Nc1cc(F)ccc1F. The molecule has 2 aromatic rings.